The van der Waals surface area contributed by atoms with E-state index in [9.17, 15) is 13.5 Å². The van der Waals surface area contributed by atoms with Crippen LogP contribution >= 0.6 is 0 Å². The first-order valence-electron chi connectivity index (χ1n) is 6.88. The Labute approximate surface area is 125 Å². The molecule has 0 spiro atoms. The highest BCUT2D eigenvalue weighted by molar-refractivity contribution is 7.89. The summed E-state index contributed by atoms with van der Waals surface area (Å²) in [7, 11) is -0.727. The number of aliphatic hydroxyl groups excluding tert-OH is 1. The Balaban J connectivity index is 2.19. The van der Waals surface area contributed by atoms with Crippen LogP contribution in [0.15, 0.2) is 23.1 Å². The molecule has 0 amide bonds. The fourth-order valence-corrected chi connectivity index (χ4v) is 3.93. The molecule has 1 fully saturated rings. The van der Waals surface area contributed by atoms with Gasteiger partial charge in [-0.1, -0.05) is 0 Å². The summed E-state index contributed by atoms with van der Waals surface area (Å²) >= 11 is 0. The maximum atomic E-state index is 12.5. The lowest BCUT2D eigenvalue weighted by atomic mass is 9.94. The summed E-state index contributed by atoms with van der Waals surface area (Å²) in [6.45, 7) is 0. The molecule has 0 heterocycles. The Morgan fingerprint density at radius 2 is 1.81 bits per heavy atom. The Morgan fingerprint density at radius 3 is 2.38 bits per heavy atom. The molecule has 2 rings (SSSR count). The molecule has 1 aliphatic carbocycles. The number of hydrogen-bond acceptors (Lipinski definition) is 5. The largest absolute Gasteiger partial charge is 0.497 e. The van der Waals surface area contributed by atoms with Crippen molar-refractivity contribution in [1.29, 1.82) is 0 Å². The summed E-state index contributed by atoms with van der Waals surface area (Å²) in [5.74, 6) is 0.782. The average Bonchev–Trinajstić information content (AvgIpc) is 2.48. The number of nitrogens with one attached hydrogen (secondary N) is 1. The van der Waals surface area contributed by atoms with Gasteiger partial charge in [-0.05, 0) is 37.8 Å². The zero-order valence-electron chi connectivity index (χ0n) is 12.2. The minimum absolute atomic E-state index is 0.0944. The normalized spacial score (nSPS) is 22.8. The summed E-state index contributed by atoms with van der Waals surface area (Å²) in [6.07, 6.45) is 2.19. The second kappa shape index (κ2) is 6.64. The Hall–Kier alpha value is -1.31. The van der Waals surface area contributed by atoms with Crippen LogP contribution in [0.4, 0.5) is 0 Å². The fraction of sp³-hybridized carbons (Fsp3) is 0.571. The van der Waals surface area contributed by atoms with Gasteiger partial charge < -0.3 is 14.6 Å². The molecule has 1 aromatic carbocycles. The van der Waals surface area contributed by atoms with E-state index in [1.807, 2.05) is 0 Å². The zero-order valence-corrected chi connectivity index (χ0v) is 13.0. The summed E-state index contributed by atoms with van der Waals surface area (Å²) in [5.41, 5.74) is 0. The maximum Gasteiger partial charge on any atom is 0.244 e. The lowest BCUT2D eigenvalue weighted by molar-refractivity contribution is 0.120. The van der Waals surface area contributed by atoms with Crippen molar-refractivity contribution in [3.8, 4) is 11.5 Å². The van der Waals surface area contributed by atoms with Gasteiger partial charge in [-0.3, -0.25) is 0 Å². The first-order valence-corrected chi connectivity index (χ1v) is 8.37. The molecule has 2 N–H and O–H groups in total. The summed E-state index contributed by atoms with van der Waals surface area (Å²) < 4.78 is 37.8. The van der Waals surface area contributed by atoms with E-state index in [2.05, 4.69) is 4.72 Å². The van der Waals surface area contributed by atoms with Gasteiger partial charge in [0.15, 0.2) is 0 Å². The number of benzene rings is 1. The molecule has 7 heteroatoms. The molecule has 6 nitrogen and oxygen atoms in total. The van der Waals surface area contributed by atoms with Crippen molar-refractivity contribution in [2.24, 2.45) is 0 Å². The Morgan fingerprint density at radius 1 is 1.14 bits per heavy atom. The van der Waals surface area contributed by atoms with Crippen molar-refractivity contribution >= 4 is 10.0 Å². The van der Waals surface area contributed by atoms with Crippen LogP contribution in [0.1, 0.15) is 25.7 Å². The average molecular weight is 315 g/mol. The van der Waals surface area contributed by atoms with Gasteiger partial charge in [-0.2, -0.15) is 0 Å². The molecule has 0 aromatic heterocycles. The molecule has 1 aromatic rings. The van der Waals surface area contributed by atoms with E-state index in [0.717, 1.165) is 0 Å². The molecule has 1 saturated carbocycles. The monoisotopic (exact) mass is 315 g/mol. The lowest BCUT2D eigenvalue weighted by Gasteiger charge is -2.26. The summed E-state index contributed by atoms with van der Waals surface area (Å²) in [4.78, 5) is 0.0944. The molecule has 0 atom stereocenters. The topological polar surface area (TPSA) is 84.9 Å². The number of ether oxygens (including phenoxy) is 2. The van der Waals surface area contributed by atoms with Crippen LogP contribution in [-0.2, 0) is 10.0 Å². The molecule has 0 saturated heterocycles. The highest BCUT2D eigenvalue weighted by Gasteiger charge is 2.27. The van der Waals surface area contributed by atoms with Crippen LogP contribution in [0.3, 0.4) is 0 Å². The van der Waals surface area contributed by atoms with E-state index in [1.165, 1.54) is 20.3 Å². The quantitative estimate of drug-likeness (QED) is 0.855. The highest BCUT2D eigenvalue weighted by Crippen LogP contribution is 2.29. The Bertz CT molecular complexity index is 579. The molecule has 21 heavy (non-hydrogen) atoms. The molecule has 0 unspecified atom stereocenters. The first-order chi connectivity index (χ1) is 9.96. The predicted octanol–water partition coefficient (Wildman–Crippen LogP) is 1.29. The van der Waals surface area contributed by atoms with Crippen LogP contribution in [-0.4, -0.2) is 39.9 Å². The van der Waals surface area contributed by atoms with E-state index in [0.29, 0.717) is 31.4 Å². The van der Waals surface area contributed by atoms with Crippen molar-refractivity contribution in [3.63, 3.8) is 0 Å². The van der Waals surface area contributed by atoms with Crippen LogP contribution < -0.4 is 14.2 Å². The first kappa shape index (κ1) is 16.1. The number of methoxy groups -OCH3 is 2. The van der Waals surface area contributed by atoms with Gasteiger partial charge in [-0.15, -0.1) is 0 Å². The number of aliphatic hydroxyl groups is 1. The standard InChI is InChI=1S/C14H21NO5S/c1-19-12-7-8-14(13(9-12)20-2)21(17,18)15-10-3-5-11(16)6-4-10/h7-11,15-16H,3-6H2,1-2H3. The predicted molar refractivity (Wildman–Crippen MR) is 78.1 cm³/mol. The van der Waals surface area contributed by atoms with E-state index in [4.69, 9.17) is 9.47 Å². The molecule has 1 aliphatic rings. The molecule has 0 radical (unpaired) electrons. The van der Waals surface area contributed by atoms with Gasteiger partial charge in [0.25, 0.3) is 0 Å². The zero-order chi connectivity index (χ0) is 15.5. The fourth-order valence-electron chi connectivity index (χ4n) is 2.47. The van der Waals surface area contributed by atoms with Crippen molar-refractivity contribution < 1.29 is 23.0 Å². The van der Waals surface area contributed by atoms with Crippen LogP contribution in [0, 0.1) is 0 Å². The number of hydrogen-bond donors (Lipinski definition) is 2. The third-order valence-corrected chi connectivity index (χ3v) is 5.24. The second-order valence-corrected chi connectivity index (χ2v) is 6.83. The van der Waals surface area contributed by atoms with Gasteiger partial charge in [0, 0.05) is 12.1 Å². The summed E-state index contributed by atoms with van der Waals surface area (Å²) in [5, 5.41) is 9.47. The van der Waals surface area contributed by atoms with E-state index in [-0.39, 0.29) is 22.8 Å². The third-order valence-electron chi connectivity index (χ3n) is 3.68. The van der Waals surface area contributed by atoms with Crippen LogP contribution in [0.5, 0.6) is 11.5 Å². The highest BCUT2D eigenvalue weighted by atomic mass is 32.2. The molecule has 0 aliphatic heterocycles. The van der Waals surface area contributed by atoms with Gasteiger partial charge in [-0.25, -0.2) is 13.1 Å². The minimum Gasteiger partial charge on any atom is -0.497 e. The minimum atomic E-state index is -3.66. The third kappa shape index (κ3) is 3.87. The van der Waals surface area contributed by atoms with Gasteiger partial charge in [0.05, 0.1) is 20.3 Å². The van der Waals surface area contributed by atoms with E-state index >= 15 is 0 Å². The second-order valence-electron chi connectivity index (χ2n) is 5.14. The van der Waals surface area contributed by atoms with Crippen molar-refractivity contribution in [3.05, 3.63) is 18.2 Å². The van der Waals surface area contributed by atoms with Crippen LogP contribution in [0.25, 0.3) is 0 Å². The van der Waals surface area contributed by atoms with E-state index < -0.39 is 10.0 Å². The van der Waals surface area contributed by atoms with Crippen molar-refractivity contribution in [2.45, 2.75) is 42.7 Å². The smallest absolute Gasteiger partial charge is 0.244 e. The van der Waals surface area contributed by atoms with E-state index in [1.54, 1.807) is 12.1 Å². The van der Waals surface area contributed by atoms with Gasteiger partial charge in [0.1, 0.15) is 16.4 Å². The molecule has 118 valence electrons. The van der Waals surface area contributed by atoms with Gasteiger partial charge >= 0.3 is 0 Å². The SMILES string of the molecule is COc1ccc(S(=O)(=O)NC2CCC(O)CC2)c(OC)c1. The lowest BCUT2D eigenvalue weighted by Crippen LogP contribution is -2.38. The molecular weight excluding hydrogens is 294 g/mol. The number of rotatable bonds is 5. The molecule has 0 bridgehead atoms. The van der Waals surface area contributed by atoms with Crippen LogP contribution in [0.2, 0.25) is 0 Å². The Kier molecular flexibility index (Phi) is 5.08. The number of sulfonamides is 1. The summed E-state index contributed by atoms with van der Waals surface area (Å²) in [6, 6.07) is 4.45. The maximum absolute atomic E-state index is 12.5. The van der Waals surface area contributed by atoms with Crippen molar-refractivity contribution in [2.75, 3.05) is 14.2 Å². The molecular formula is C14H21NO5S. The van der Waals surface area contributed by atoms with Gasteiger partial charge in [0.2, 0.25) is 10.0 Å². The van der Waals surface area contributed by atoms with Crippen molar-refractivity contribution in [1.82, 2.24) is 4.72 Å².